The van der Waals surface area contributed by atoms with Crippen LogP contribution in [0.5, 0.6) is 5.75 Å². The summed E-state index contributed by atoms with van der Waals surface area (Å²) in [7, 11) is 0. The van der Waals surface area contributed by atoms with Crippen LogP contribution in [-0.4, -0.2) is 5.97 Å². The van der Waals surface area contributed by atoms with Crippen LogP contribution in [0.4, 0.5) is 0 Å². The zero-order valence-electron chi connectivity index (χ0n) is 20.4. The lowest BCUT2D eigenvalue weighted by molar-refractivity contribution is -0.140. The molecule has 1 fully saturated rings. The van der Waals surface area contributed by atoms with Gasteiger partial charge in [0.25, 0.3) is 0 Å². The molecular weight excluding hydrogens is 406 g/mol. The number of esters is 1. The van der Waals surface area contributed by atoms with Crippen LogP contribution in [0.1, 0.15) is 106 Å². The predicted octanol–water partition coefficient (Wildman–Crippen LogP) is 7.90. The number of hydrogen-bond donors (Lipinski definition) is 0. The number of rotatable bonds is 11. The highest BCUT2D eigenvalue weighted by molar-refractivity contribution is 5.76. The Hall–Kier alpha value is -2.60. The van der Waals surface area contributed by atoms with E-state index < -0.39 is 0 Å². The number of ether oxygens (including phenoxy) is 1. The fourth-order valence-corrected chi connectivity index (χ4v) is 4.94. The van der Waals surface area contributed by atoms with Crippen LogP contribution in [-0.2, 0) is 17.6 Å². The van der Waals surface area contributed by atoms with Gasteiger partial charge in [0.05, 0.1) is 11.5 Å². The van der Waals surface area contributed by atoms with Gasteiger partial charge in [-0.3, -0.25) is 4.79 Å². The van der Waals surface area contributed by atoms with E-state index in [4.69, 9.17) is 4.74 Å². The molecule has 0 aliphatic heterocycles. The third kappa shape index (κ3) is 7.46. The highest BCUT2D eigenvalue weighted by atomic mass is 16.5. The Kier molecular flexibility index (Phi) is 10.0. The maximum Gasteiger partial charge on any atom is 0.314 e. The minimum absolute atomic E-state index is 0.0782. The van der Waals surface area contributed by atoms with Gasteiger partial charge in [-0.15, -0.1) is 0 Å². The molecule has 0 aromatic heterocycles. The fraction of sp³-hybridized carbons (Fsp3) is 0.533. The summed E-state index contributed by atoms with van der Waals surface area (Å²) in [5, 5.41) is 9.46. The van der Waals surface area contributed by atoms with E-state index in [0.29, 0.717) is 17.2 Å². The SMILES string of the molecule is CCCCCCCc1ccc(C2CCC(C(=O)Oc3ccc(CCC)cc3C#N)CC2)cc1. The van der Waals surface area contributed by atoms with Crippen LogP contribution < -0.4 is 4.74 Å². The lowest BCUT2D eigenvalue weighted by atomic mass is 9.78. The van der Waals surface area contributed by atoms with Crippen molar-refractivity contribution in [2.45, 2.75) is 96.8 Å². The second-order valence-corrected chi connectivity index (χ2v) is 9.57. The van der Waals surface area contributed by atoms with Gasteiger partial charge in [-0.1, -0.05) is 76.3 Å². The topological polar surface area (TPSA) is 50.1 Å². The fourth-order valence-electron chi connectivity index (χ4n) is 4.94. The van der Waals surface area contributed by atoms with Crippen molar-refractivity contribution in [1.82, 2.24) is 0 Å². The number of carbonyl (C=O) groups excluding carboxylic acids is 1. The van der Waals surface area contributed by atoms with Crippen molar-refractivity contribution in [3.63, 3.8) is 0 Å². The Morgan fingerprint density at radius 3 is 2.24 bits per heavy atom. The molecule has 1 saturated carbocycles. The Balaban J connectivity index is 1.47. The molecule has 0 heterocycles. The first-order valence-corrected chi connectivity index (χ1v) is 13.0. The summed E-state index contributed by atoms with van der Waals surface area (Å²) >= 11 is 0. The molecule has 3 heteroatoms. The first-order valence-electron chi connectivity index (χ1n) is 13.0. The summed E-state index contributed by atoms with van der Waals surface area (Å²) < 4.78 is 5.67. The minimum atomic E-state index is -0.188. The molecule has 2 aromatic carbocycles. The number of aryl methyl sites for hydroxylation is 2. The molecule has 0 bridgehead atoms. The molecule has 0 radical (unpaired) electrons. The predicted molar refractivity (Wildman–Crippen MR) is 134 cm³/mol. The van der Waals surface area contributed by atoms with Crippen LogP contribution in [0.2, 0.25) is 0 Å². The van der Waals surface area contributed by atoms with Gasteiger partial charge >= 0.3 is 5.97 Å². The van der Waals surface area contributed by atoms with E-state index in [0.717, 1.165) is 44.1 Å². The van der Waals surface area contributed by atoms with Crippen LogP contribution in [0.25, 0.3) is 0 Å². The quantitative estimate of drug-likeness (QED) is 0.201. The van der Waals surface area contributed by atoms with E-state index in [1.165, 1.54) is 49.7 Å². The van der Waals surface area contributed by atoms with Gasteiger partial charge in [-0.05, 0) is 79.7 Å². The monoisotopic (exact) mass is 445 g/mol. The number of nitriles is 1. The van der Waals surface area contributed by atoms with Crippen molar-refractivity contribution in [3.8, 4) is 11.8 Å². The summed E-state index contributed by atoms with van der Waals surface area (Å²) in [6.45, 7) is 4.37. The van der Waals surface area contributed by atoms with Gasteiger partial charge in [0, 0.05) is 0 Å². The summed E-state index contributed by atoms with van der Waals surface area (Å²) in [4.78, 5) is 12.8. The van der Waals surface area contributed by atoms with E-state index in [-0.39, 0.29) is 11.9 Å². The molecule has 0 atom stereocenters. The Morgan fingerprint density at radius 2 is 1.58 bits per heavy atom. The van der Waals surface area contributed by atoms with E-state index in [2.05, 4.69) is 44.2 Å². The standard InChI is InChI=1S/C30H39NO2/c1-3-5-6-7-8-10-23-11-14-25(15-12-23)26-16-18-27(19-17-26)30(32)33-29-20-13-24(9-4-2)21-28(29)22-31/h11-15,20-21,26-27H,3-10,16-19H2,1-2H3. The summed E-state index contributed by atoms with van der Waals surface area (Å²) in [6.07, 6.45) is 13.4. The molecule has 0 saturated heterocycles. The Morgan fingerprint density at radius 1 is 0.879 bits per heavy atom. The number of unbranched alkanes of at least 4 members (excludes halogenated alkanes) is 4. The van der Waals surface area contributed by atoms with Crippen molar-refractivity contribution >= 4 is 5.97 Å². The zero-order chi connectivity index (χ0) is 23.5. The van der Waals surface area contributed by atoms with E-state index in [1.807, 2.05) is 12.1 Å². The number of nitrogens with zero attached hydrogens (tertiary/aromatic N) is 1. The third-order valence-corrected chi connectivity index (χ3v) is 6.99. The highest BCUT2D eigenvalue weighted by Gasteiger charge is 2.29. The summed E-state index contributed by atoms with van der Waals surface area (Å²) in [6, 6.07) is 16.9. The van der Waals surface area contributed by atoms with Crippen molar-refractivity contribution in [2.75, 3.05) is 0 Å². The molecule has 1 aliphatic carbocycles. The largest absolute Gasteiger partial charge is 0.425 e. The molecule has 176 valence electrons. The third-order valence-electron chi connectivity index (χ3n) is 6.99. The zero-order valence-corrected chi connectivity index (χ0v) is 20.4. The van der Waals surface area contributed by atoms with Gasteiger partial charge in [0.15, 0.2) is 0 Å². The molecule has 0 unspecified atom stereocenters. The maximum atomic E-state index is 12.8. The molecule has 3 rings (SSSR count). The molecule has 0 amide bonds. The average molecular weight is 446 g/mol. The summed E-state index contributed by atoms with van der Waals surface area (Å²) in [5.41, 5.74) is 4.39. The first kappa shape index (κ1) is 25.0. The number of hydrogen-bond acceptors (Lipinski definition) is 3. The average Bonchev–Trinajstić information content (AvgIpc) is 2.85. The van der Waals surface area contributed by atoms with Crippen molar-refractivity contribution < 1.29 is 9.53 Å². The normalized spacial score (nSPS) is 18.0. The number of carbonyl (C=O) groups is 1. The summed E-state index contributed by atoms with van der Waals surface area (Å²) in [5.74, 6) is 0.655. The van der Waals surface area contributed by atoms with Gasteiger partial charge in [0.2, 0.25) is 0 Å². The van der Waals surface area contributed by atoms with Crippen LogP contribution in [0.15, 0.2) is 42.5 Å². The molecule has 1 aliphatic rings. The first-order chi connectivity index (χ1) is 16.1. The van der Waals surface area contributed by atoms with E-state index >= 15 is 0 Å². The number of benzene rings is 2. The van der Waals surface area contributed by atoms with Crippen molar-refractivity contribution in [2.24, 2.45) is 5.92 Å². The van der Waals surface area contributed by atoms with Crippen molar-refractivity contribution in [3.05, 3.63) is 64.7 Å². The maximum absolute atomic E-state index is 12.8. The van der Waals surface area contributed by atoms with E-state index in [1.54, 1.807) is 6.07 Å². The van der Waals surface area contributed by atoms with Gasteiger partial charge in [-0.25, -0.2) is 0 Å². The van der Waals surface area contributed by atoms with Crippen LogP contribution in [0, 0.1) is 17.2 Å². The lowest BCUT2D eigenvalue weighted by Crippen LogP contribution is -2.25. The smallest absolute Gasteiger partial charge is 0.314 e. The van der Waals surface area contributed by atoms with Crippen molar-refractivity contribution in [1.29, 1.82) is 5.26 Å². The highest BCUT2D eigenvalue weighted by Crippen LogP contribution is 2.37. The molecule has 0 spiro atoms. The van der Waals surface area contributed by atoms with Gasteiger partial charge in [-0.2, -0.15) is 5.26 Å². The second kappa shape index (κ2) is 13.2. The lowest BCUT2D eigenvalue weighted by Gasteiger charge is -2.27. The molecular formula is C30H39NO2. The minimum Gasteiger partial charge on any atom is -0.425 e. The molecule has 3 nitrogen and oxygen atoms in total. The van der Waals surface area contributed by atoms with Crippen LogP contribution in [0.3, 0.4) is 0 Å². The second-order valence-electron chi connectivity index (χ2n) is 9.57. The van der Waals surface area contributed by atoms with Gasteiger partial charge < -0.3 is 4.74 Å². The Labute approximate surface area is 200 Å². The molecule has 2 aromatic rings. The molecule has 33 heavy (non-hydrogen) atoms. The van der Waals surface area contributed by atoms with E-state index in [9.17, 15) is 10.1 Å². The molecule has 0 N–H and O–H groups in total. The van der Waals surface area contributed by atoms with Crippen LogP contribution >= 0.6 is 0 Å². The van der Waals surface area contributed by atoms with Gasteiger partial charge in [0.1, 0.15) is 11.8 Å². The Bertz CT molecular complexity index is 917.